The van der Waals surface area contributed by atoms with E-state index in [0.29, 0.717) is 22.6 Å². The number of hydrogen-bond donors (Lipinski definition) is 1. The third-order valence-corrected chi connectivity index (χ3v) is 5.04. The average Bonchev–Trinajstić information content (AvgIpc) is 2.52. The number of hydrogen-bond acceptors (Lipinski definition) is 2. The third-order valence-electron chi connectivity index (χ3n) is 4.43. The molecule has 0 aliphatic heterocycles. The van der Waals surface area contributed by atoms with Crippen molar-refractivity contribution in [3.05, 3.63) is 34.1 Å². The van der Waals surface area contributed by atoms with E-state index in [1.54, 1.807) is 6.07 Å². The van der Waals surface area contributed by atoms with E-state index in [2.05, 4.69) is 21.2 Å². The third kappa shape index (κ3) is 4.05. The van der Waals surface area contributed by atoms with E-state index < -0.39 is 0 Å². The molecule has 0 aromatic heterocycles. The van der Waals surface area contributed by atoms with Crippen LogP contribution in [-0.2, 0) is 4.74 Å². The Balaban J connectivity index is 2.28. The number of likely N-dealkylation sites (N-methyl/N-ethyl adjacent to an activating group) is 1. The Bertz CT molecular complexity index is 448. The van der Waals surface area contributed by atoms with Gasteiger partial charge in [0.15, 0.2) is 0 Å². The fourth-order valence-electron chi connectivity index (χ4n) is 3.42. The molecule has 118 valence electrons. The Hall–Kier alpha value is -0.450. The standard InChI is InChI=1S/C17H25BrFNO/c1-3-21-17(12-8-5-4-6-9-12)16(20-2)13-10-7-11-14(18)15(13)19/h7,10-12,16-17,20H,3-6,8-9H2,1-2H3. The molecule has 0 amide bonds. The van der Waals surface area contributed by atoms with Crippen LogP contribution >= 0.6 is 15.9 Å². The van der Waals surface area contributed by atoms with Crippen molar-refractivity contribution < 1.29 is 9.13 Å². The Morgan fingerprint density at radius 3 is 2.67 bits per heavy atom. The molecule has 0 heterocycles. The zero-order chi connectivity index (χ0) is 15.2. The van der Waals surface area contributed by atoms with Gasteiger partial charge in [-0.05, 0) is 54.7 Å². The van der Waals surface area contributed by atoms with E-state index in [-0.39, 0.29) is 18.0 Å². The summed E-state index contributed by atoms with van der Waals surface area (Å²) in [6.45, 7) is 2.68. The van der Waals surface area contributed by atoms with E-state index in [4.69, 9.17) is 4.74 Å². The lowest BCUT2D eigenvalue weighted by Gasteiger charge is -2.36. The molecule has 1 aromatic carbocycles. The molecular weight excluding hydrogens is 333 g/mol. The van der Waals surface area contributed by atoms with Gasteiger partial charge in [0, 0.05) is 12.2 Å². The largest absolute Gasteiger partial charge is 0.376 e. The summed E-state index contributed by atoms with van der Waals surface area (Å²) >= 11 is 3.28. The molecule has 1 fully saturated rings. The molecule has 2 rings (SSSR count). The van der Waals surface area contributed by atoms with Crippen molar-refractivity contribution in [2.24, 2.45) is 5.92 Å². The number of benzene rings is 1. The molecule has 2 nitrogen and oxygen atoms in total. The summed E-state index contributed by atoms with van der Waals surface area (Å²) < 4.78 is 21.0. The SMILES string of the molecule is CCOC(C1CCCCC1)C(NC)c1cccc(Br)c1F. The number of rotatable bonds is 6. The van der Waals surface area contributed by atoms with Crippen molar-refractivity contribution in [2.75, 3.05) is 13.7 Å². The van der Waals surface area contributed by atoms with Crippen molar-refractivity contribution in [3.8, 4) is 0 Å². The van der Waals surface area contributed by atoms with Gasteiger partial charge in [-0.3, -0.25) is 0 Å². The van der Waals surface area contributed by atoms with Crippen molar-refractivity contribution in [1.29, 1.82) is 0 Å². The molecular formula is C17H25BrFNO. The molecule has 2 unspecified atom stereocenters. The molecule has 0 spiro atoms. The number of ether oxygens (including phenoxy) is 1. The lowest BCUT2D eigenvalue weighted by Crippen LogP contribution is -2.39. The summed E-state index contributed by atoms with van der Waals surface area (Å²) in [7, 11) is 1.89. The lowest BCUT2D eigenvalue weighted by molar-refractivity contribution is -0.0175. The van der Waals surface area contributed by atoms with Gasteiger partial charge in [-0.25, -0.2) is 4.39 Å². The van der Waals surface area contributed by atoms with Crippen LogP contribution in [-0.4, -0.2) is 19.8 Å². The van der Waals surface area contributed by atoms with Crippen molar-refractivity contribution in [3.63, 3.8) is 0 Å². The maximum absolute atomic E-state index is 14.5. The van der Waals surface area contributed by atoms with Crippen LogP contribution in [0.1, 0.15) is 50.6 Å². The van der Waals surface area contributed by atoms with Gasteiger partial charge in [-0.1, -0.05) is 31.4 Å². The molecule has 1 saturated carbocycles. The first-order valence-corrected chi connectivity index (χ1v) is 8.71. The Kier molecular flexibility index (Phi) is 6.65. The summed E-state index contributed by atoms with van der Waals surface area (Å²) in [5.41, 5.74) is 0.691. The van der Waals surface area contributed by atoms with E-state index in [1.165, 1.54) is 32.1 Å². The van der Waals surface area contributed by atoms with Crippen LogP contribution in [0.25, 0.3) is 0 Å². The maximum atomic E-state index is 14.5. The van der Waals surface area contributed by atoms with E-state index in [0.717, 1.165) is 0 Å². The predicted octanol–water partition coefficient (Wildman–Crippen LogP) is 4.83. The fraction of sp³-hybridized carbons (Fsp3) is 0.647. The molecule has 2 atom stereocenters. The average molecular weight is 358 g/mol. The van der Waals surface area contributed by atoms with Crippen LogP contribution in [0.2, 0.25) is 0 Å². The second kappa shape index (κ2) is 8.25. The van der Waals surface area contributed by atoms with Gasteiger partial charge in [0.05, 0.1) is 16.6 Å². The van der Waals surface area contributed by atoms with Crippen LogP contribution < -0.4 is 5.32 Å². The second-order valence-corrected chi connectivity index (χ2v) is 6.58. The van der Waals surface area contributed by atoms with Gasteiger partial charge in [-0.2, -0.15) is 0 Å². The normalized spacial score (nSPS) is 19.4. The maximum Gasteiger partial charge on any atom is 0.142 e. The lowest BCUT2D eigenvalue weighted by atomic mass is 9.81. The molecule has 1 aliphatic carbocycles. The van der Waals surface area contributed by atoms with Gasteiger partial charge >= 0.3 is 0 Å². The second-order valence-electron chi connectivity index (χ2n) is 5.73. The summed E-state index contributed by atoms with van der Waals surface area (Å²) in [5, 5.41) is 3.28. The van der Waals surface area contributed by atoms with E-state index >= 15 is 0 Å². The molecule has 0 saturated heterocycles. The van der Waals surface area contributed by atoms with Gasteiger partial charge in [0.25, 0.3) is 0 Å². The molecule has 0 bridgehead atoms. The zero-order valence-electron chi connectivity index (χ0n) is 12.9. The van der Waals surface area contributed by atoms with Crippen LogP contribution in [0.3, 0.4) is 0 Å². The Morgan fingerprint density at radius 2 is 2.05 bits per heavy atom. The smallest absolute Gasteiger partial charge is 0.142 e. The highest BCUT2D eigenvalue weighted by Gasteiger charge is 2.33. The summed E-state index contributed by atoms with van der Waals surface area (Å²) in [4.78, 5) is 0. The predicted molar refractivity (Wildman–Crippen MR) is 87.9 cm³/mol. The highest BCUT2D eigenvalue weighted by Crippen LogP contribution is 2.36. The van der Waals surface area contributed by atoms with Crippen LogP contribution in [0.15, 0.2) is 22.7 Å². The van der Waals surface area contributed by atoms with Crippen molar-refractivity contribution in [1.82, 2.24) is 5.32 Å². The van der Waals surface area contributed by atoms with Crippen LogP contribution in [0, 0.1) is 11.7 Å². The minimum Gasteiger partial charge on any atom is -0.376 e. The Labute approximate surface area is 135 Å². The van der Waals surface area contributed by atoms with Crippen molar-refractivity contribution >= 4 is 15.9 Å². The van der Waals surface area contributed by atoms with Crippen LogP contribution in [0.5, 0.6) is 0 Å². The first-order chi connectivity index (χ1) is 10.2. The summed E-state index contributed by atoms with van der Waals surface area (Å²) in [6, 6.07) is 5.37. The molecule has 1 N–H and O–H groups in total. The molecule has 4 heteroatoms. The van der Waals surface area contributed by atoms with Gasteiger partial charge in [0.1, 0.15) is 5.82 Å². The minimum atomic E-state index is -0.183. The fourth-order valence-corrected chi connectivity index (χ4v) is 3.80. The summed E-state index contributed by atoms with van der Waals surface area (Å²) in [6.07, 6.45) is 6.21. The highest BCUT2D eigenvalue weighted by molar-refractivity contribution is 9.10. The Morgan fingerprint density at radius 1 is 1.33 bits per heavy atom. The molecule has 1 aromatic rings. The first-order valence-electron chi connectivity index (χ1n) is 7.91. The molecule has 0 radical (unpaired) electrons. The summed E-state index contributed by atoms with van der Waals surface area (Å²) in [5.74, 6) is 0.326. The quantitative estimate of drug-likeness (QED) is 0.786. The van der Waals surface area contributed by atoms with Crippen molar-refractivity contribution in [2.45, 2.75) is 51.2 Å². The minimum absolute atomic E-state index is 0.0316. The first kappa shape index (κ1) is 16.9. The monoisotopic (exact) mass is 357 g/mol. The zero-order valence-corrected chi connectivity index (χ0v) is 14.5. The number of halogens is 2. The van der Waals surface area contributed by atoms with Crippen LogP contribution in [0.4, 0.5) is 4.39 Å². The highest BCUT2D eigenvalue weighted by atomic mass is 79.9. The van der Waals surface area contributed by atoms with E-state index in [9.17, 15) is 4.39 Å². The van der Waals surface area contributed by atoms with Gasteiger partial charge in [-0.15, -0.1) is 0 Å². The van der Waals surface area contributed by atoms with E-state index in [1.807, 2.05) is 26.1 Å². The topological polar surface area (TPSA) is 21.3 Å². The number of nitrogens with one attached hydrogen (secondary N) is 1. The van der Waals surface area contributed by atoms with Gasteiger partial charge < -0.3 is 10.1 Å². The molecule has 21 heavy (non-hydrogen) atoms. The molecule has 1 aliphatic rings. The van der Waals surface area contributed by atoms with Gasteiger partial charge in [0.2, 0.25) is 0 Å².